The van der Waals surface area contributed by atoms with Crippen LogP contribution in [-0.4, -0.2) is 14.6 Å². The molecule has 0 atom stereocenters. The van der Waals surface area contributed by atoms with Gasteiger partial charge in [0.2, 0.25) is 0 Å². The molecule has 0 aliphatic carbocycles. The van der Waals surface area contributed by atoms with Crippen LogP contribution in [0, 0.1) is 32.9 Å². The summed E-state index contributed by atoms with van der Waals surface area (Å²) in [6.07, 6.45) is -0.588. The molecule has 0 aliphatic heterocycles. The zero-order chi connectivity index (χ0) is 25.0. The van der Waals surface area contributed by atoms with Crippen molar-refractivity contribution in [3.8, 4) is 28.3 Å². The maximum atomic E-state index is 12.2. The Morgan fingerprint density at radius 3 is 2.00 bits per heavy atom. The van der Waals surface area contributed by atoms with E-state index in [1.165, 1.54) is 22.4 Å². The molecule has 0 aliphatic rings. The number of hydrogen-bond acceptors (Lipinski definition) is 2. The van der Waals surface area contributed by atoms with Gasteiger partial charge in [0.05, 0.1) is 5.82 Å². The van der Waals surface area contributed by atoms with Crippen LogP contribution < -0.4 is 5.10 Å². The minimum absolute atomic E-state index is 0. The summed E-state index contributed by atoms with van der Waals surface area (Å²) in [5.41, 5.74) is 5.74. The predicted octanol–water partition coefficient (Wildman–Crippen LogP) is 6.79. The van der Waals surface area contributed by atoms with Gasteiger partial charge in [-0.25, -0.2) is 5.69 Å². The first kappa shape index (κ1) is 27.1. The monoisotopic (exact) mass is 664 g/mol. The molecule has 0 spiro atoms. The Morgan fingerprint density at radius 1 is 0.861 bits per heavy atom. The summed E-state index contributed by atoms with van der Waals surface area (Å²) >= 11 is 0. The third-order valence-corrected chi connectivity index (χ3v) is 5.28. The summed E-state index contributed by atoms with van der Waals surface area (Å²) in [5.74, 6) is 0.931. The van der Waals surface area contributed by atoms with Crippen LogP contribution in [-0.2, 0) is 26.3 Å². The van der Waals surface area contributed by atoms with E-state index in [9.17, 15) is 13.2 Å². The summed E-state index contributed by atoms with van der Waals surface area (Å²) in [7, 11) is 0. The number of rotatable bonds is 3. The van der Waals surface area contributed by atoms with Crippen molar-refractivity contribution in [1.82, 2.24) is 19.7 Å². The molecule has 2 aromatic heterocycles. The minimum Gasteiger partial charge on any atom is -0.618 e. The molecule has 0 N–H and O–H groups in total. The van der Waals surface area contributed by atoms with E-state index in [4.69, 9.17) is 0 Å². The van der Waals surface area contributed by atoms with E-state index < -0.39 is 11.9 Å². The van der Waals surface area contributed by atoms with E-state index in [0.29, 0.717) is 5.56 Å². The quantitative estimate of drug-likeness (QED) is 0.200. The molecule has 184 valence electrons. The molecule has 5 aromatic rings. The minimum atomic E-state index is -4.44. The topological polar surface area (TPSA) is 44.8 Å². The van der Waals surface area contributed by atoms with Gasteiger partial charge >= 0.3 is 26.3 Å². The Labute approximate surface area is 221 Å². The van der Waals surface area contributed by atoms with Crippen molar-refractivity contribution in [1.29, 1.82) is 0 Å². The van der Waals surface area contributed by atoms with Crippen LogP contribution in [0.5, 0.6) is 0 Å². The third-order valence-electron chi connectivity index (χ3n) is 5.28. The Kier molecular flexibility index (Phi) is 8.66. The van der Waals surface area contributed by atoms with Gasteiger partial charge < -0.3 is 14.8 Å². The summed E-state index contributed by atoms with van der Waals surface area (Å²) in [6.45, 7) is 6.42. The number of imidazole rings is 1. The number of aryl methyl sites for hydroxylation is 3. The summed E-state index contributed by atoms with van der Waals surface area (Å²) < 4.78 is 38.8. The van der Waals surface area contributed by atoms with E-state index in [1.54, 1.807) is 24.3 Å². The number of nitrogens with zero attached hydrogens (tertiary/aromatic N) is 4. The second-order valence-electron chi connectivity index (χ2n) is 8.03. The second kappa shape index (κ2) is 11.5. The van der Waals surface area contributed by atoms with E-state index in [2.05, 4.69) is 64.8 Å². The van der Waals surface area contributed by atoms with E-state index in [1.807, 2.05) is 36.7 Å². The molecule has 5 rings (SSSR count). The molecule has 0 unspecified atom stereocenters. The number of hydrogen-bond donors (Lipinski definition) is 0. The van der Waals surface area contributed by atoms with Gasteiger partial charge in [-0.15, -0.1) is 66.2 Å². The fraction of sp³-hybridized carbons (Fsp3) is 0.143. The van der Waals surface area contributed by atoms with Crippen LogP contribution in [0.3, 0.4) is 0 Å². The van der Waals surface area contributed by atoms with Crippen molar-refractivity contribution in [3.63, 3.8) is 0 Å². The van der Waals surface area contributed by atoms with Gasteiger partial charge in [0.15, 0.2) is 0 Å². The molecule has 0 fully saturated rings. The van der Waals surface area contributed by atoms with Gasteiger partial charge in [0, 0.05) is 18.1 Å². The smallest absolute Gasteiger partial charge is 0.618 e. The molecule has 0 amide bonds. The predicted molar refractivity (Wildman–Crippen MR) is 129 cm³/mol. The molecular weight excluding hydrogens is 642 g/mol. The maximum absolute atomic E-state index is 12.2. The second-order valence-corrected chi connectivity index (χ2v) is 8.03. The zero-order valence-electron chi connectivity index (χ0n) is 19.8. The molecule has 2 heterocycles. The normalized spacial score (nSPS) is 10.8. The standard InChI is InChI=1S/C18H17N2.C10H5F3N2.Ir/c1-13-11-14(2)17(15(3)12-13)20-10-9-19-18(20)16-7-5-4-6-8-16;11-10(12,13)9-6-8(14-15-9)7-4-2-1-3-5-7;/h4-7,9-12H,1-3H3;1-4,6H;/q-1;-2;+3. The largest absolute Gasteiger partial charge is 3.00 e. The van der Waals surface area contributed by atoms with Crippen LogP contribution >= 0.6 is 0 Å². The molecular formula is C28H22F3IrN4. The Balaban J connectivity index is 0.000000203. The van der Waals surface area contributed by atoms with E-state index in [-0.39, 0.29) is 25.8 Å². The van der Waals surface area contributed by atoms with Crippen molar-refractivity contribution >= 4 is 0 Å². The van der Waals surface area contributed by atoms with E-state index >= 15 is 0 Å². The van der Waals surface area contributed by atoms with Gasteiger partial charge in [-0.3, -0.25) is 4.98 Å². The van der Waals surface area contributed by atoms with Crippen molar-refractivity contribution in [2.24, 2.45) is 0 Å². The van der Waals surface area contributed by atoms with Gasteiger partial charge in [0.25, 0.3) is 0 Å². The van der Waals surface area contributed by atoms with Crippen LogP contribution in [0.1, 0.15) is 22.4 Å². The number of aromatic nitrogens is 4. The fourth-order valence-corrected chi connectivity index (χ4v) is 3.89. The first-order valence-electron chi connectivity index (χ1n) is 10.9. The van der Waals surface area contributed by atoms with Crippen molar-refractivity contribution in [2.75, 3.05) is 0 Å². The van der Waals surface area contributed by atoms with Gasteiger partial charge in [-0.2, -0.15) is 18.7 Å². The number of alkyl halides is 3. The van der Waals surface area contributed by atoms with Gasteiger partial charge in [-0.1, -0.05) is 23.8 Å². The maximum Gasteiger partial charge on any atom is 3.00 e. The summed E-state index contributed by atoms with van der Waals surface area (Å²) in [6, 6.07) is 26.0. The molecule has 0 saturated carbocycles. The molecule has 3 aromatic carbocycles. The fourth-order valence-electron chi connectivity index (χ4n) is 3.89. The molecule has 8 heteroatoms. The Bertz CT molecular complexity index is 1380. The average Bonchev–Trinajstić information content (AvgIpc) is 3.51. The average molecular weight is 664 g/mol. The Hall–Kier alpha value is -3.48. The van der Waals surface area contributed by atoms with Crippen molar-refractivity contribution in [2.45, 2.75) is 26.9 Å². The van der Waals surface area contributed by atoms with Crippen LogP contribution in [0.25, 0.3) is 28.3 Å². The van der Waals surface area contributed by atoms with Crippen LogP contribution in [0.15, 0.2) is 79.1 Å². The first-order chi connectivity index (χ1) is 16.7. The third kappa shape index (κ3) is 6.20. The van der Waals surface area contributed by atoms with Crippen molar-refractivity contribution in [3.05, 3.63) is 114 Å². The van der Waals surface area contributed by atoms with Crippen molar-refractivity contribution < 1.29 is 33.3 Å². The SMILES string of the molecule is Cc1cc(C)c(-n2ccnc2-c2[c-]cccc2)c(C)c1.FC(F)(F)c1cc(-c2[c-]cccc2)[n-]n1.[Ir+3]. The molecule has 0 saturated heterocycles. The zero-order valence-corrected chi connectivity index (χ0v) is 22.2. The summed E-state index contributed by atoms with van der Waals surface area (Å²) in [5, 5.41) is 6.52. The summed E-state index contributed by atoms with van der Waals surface area (Å²) in [4.78, 5) is 4.50. The first-order valence-corrected chi connectivity index (χ1v) is 10.9. The van der Waals surface area contributed by atoms with Gasteiger partial charge in [-0.05, 0) is 31.9 Å². The van der Waals surface area contributed by atoms with Crippen LogP contribution in [0.2, 0.25) is 0 Å². The number of benzene rings is 3. The molecule has 36 heavy (non-hydrogen) atoms. The number of halogens is 3. The Morgan fingerprint density at radius 2 is 1.47 bits per heavy atom. The van der Waals surface area contributed by atoms with Crippen LogP contribution in [0.4, 0.5) is 13.2 Å². The molecule has 0 bridgehead atoms. The van der Waals surface area contributed by atoms with E-state index in [0.717, 1.165) is 17.5 Å². The molecule has 4 nitrogen and oxygen atoms in total. The molecule has 0 radical (unpaired) electrons. The van der Waals surface area contributed by atoms with Gasteiger partial charge in [0.1, 0.15) is 5.69 Å².